The van der Waals surface area contributed by atoms with Crippen LogP contribution in [0.1, 0.15) is 39.3 Å². The standard InChI is InChI=1S/C21H18F2N4O2S/c22-14-8-6-13(7-9-14)11-18(28)27-10-2-5-17(27)20-25-26-21(30-20)19(29)24-16-4-1-3-15(23)12-16/h1,3-4,6-9,12,17H,2,5,10-11H2,(H,24,29)/t17-/m0/s1. The smallest absolute Gasteiger partial charge is 0.286 e. The van der Waals surface area contributed by atoms with Crippen LogP contribution in [0.4, 0.5) is 14.5 Å². The van der Waals surface area contributed by atoms with Crippen molar-refractivity contribution in [3.8, 4) is 0 Å². The summed E-state index contributed by atoms with van der Waals surface area (Å²) in [5.74, 6) is -1.35. The molecule has 1 aliphatic rings. The van der Waals surface area contributed by atoms with Gasteiger partial charge in [0.15, 0.2) is 0 Å². The van der Waals surface area contributed by atoms with E-state index in [-0.39, 0.29) is 29.2 Å². The van der Waals surface area contributed by atoms with Gasteiger partial charge in [0, 0.05) is 12.2 Å². The molecule has 0 saturated carbocycles. The Morgan fingerprint density at radius 1 is 1.10 bits per heavy atom. The lowest BCUT2D eigenvalue weighted by molar-refractivity contribution is -0.131. The van der Waals surface area contributed by atoms with Gasteiger partial charge in [0.1, 0.15) is 16.6 Å². The molecule has 9 heteroatoms. The zero-order valence-electron chi connectivity index (χ0n) is 15.8. The fourth-order valence-corrected chi connectivity index (χ4v) is 4.30. The Hall–Kier alpha value is -3.20. The van der Waals surface area contributed by atoms with E-state index in [0.29, 0.717) is 17.2 Å². The maximum absolute atomic E-state index is 13.3. The number of halogens is 2. The molecule has 1 saturated heterocycles. The fraction of sp³-hybridized carbons (Fsp3) is 0.238. The molecule has 6 nitrogen and oxygen atoms in total. The molecule has 0 radical (unpaired) electrons. The minimum Gasteiger partial charge on any atom is -0.333 e. The van der Waals surface area contributed by atoms with Crippen molar-refractivity contribution in [3.05, 3.63) is 75.7 Å². The van der Waals surface area contributed by atoms with E-state index in [1.54, 1.807) is 23.1 Å². The third-order valence-corrected chi connectivity index (χ3v) is 5.87. The van der Waals surface area contributed by atoms with E-state index in [0.717, 1.165) is 29.7 Å². The molecule has 2 heterocycles. The molecular formula is C21H18F2N4O2S. The molecule has 1 aliphatic heterocycles. The number of amides is 2. The summed E-state index contributed by atoms with van der Waals surface area (Å²) >= 11 is 1.12. The number of rotatable bonds is 5. The van der Waals surface area contributed by atoms with Crippen LogP contribution in [0.25, 0.3) is 0 Å². The maximum Gasteiger partial charge on any atom is 0.286 e. The Balaban J connectivity index is 1.44. The summed E-state index contributed by atoms with van der Waals surface area (Å²) in [6.45, 7) is 0.592. The Morgan fingerprint density at radius 2 is 1.90 bits per heavy atom. The average Bonchev–Trinajstić information content (AvgIpc) is 3.39. The number of carbonyl (C=O) groups is 2. The van der Waals surface area contributed by atoms with Gasteiger partial charge in [-0.25, -0.2) is 8.78 Å². The molecule has 30 heavy (non-hydrogen) atoms. The second-order valence-corrected chi connectivity index (χ2v) is 7.97. The summed E-state index contributed by atoms with van der Waals surface area (Å²) in [4.78, 5) is 26.9. The van der Waals surface area contributed by atoms with Gasteiger partial charge in [-0.15, -0.1) is 10.2 Å². The number of hydrogen-bond acceptors (Lipinski definition) is 5. The predicted octanol–water partition coefficient (Wildman–Crippen LogP) is 3.97. The second-order valence-electron chi connectivity index (χ2n) is 6.96. The van der Waals surface area contributed by atoms with Gasteiger partial charge in [-0.1, -0.05) is 29.5 Å². The largest absolute Gasteiger partial charge is 0.333 e. The van der Waals surface area contributed by atoms with Crippen LogP contribution in [0.15, 0.2) is 48.5 Å². The van der Waals surface area contributed by atoms with Crippen LogP contribution in [0, 0.1) is 11.6 Å². The summed E-state index contributed by atoms with van der Waals surface area (Å²) < 4.78 is 26.4. The minimum absolute atomic E-state index is 0.0786. The lowest BCUT2D eigenvalue weighted by atomic mass is 10.1. The number of nitrogens with one attached hydrogen (secondary N) is 1. The van der Waals surface area contributed by atoms with Crippen molar-refractivity contribution in [2.75, 3.05) is 11.9 Å². The number of likely N-dealkylation sites (tertiary alicyclic amines) is 1. The van der Waals surface area contributed by atoms with Crippen molar-refractivity contribution in [2.24, 2.45) is 0 Å². The van der Waals surface area contributed by atoms with E-state index in [1.165, 1.54) is 30.3 Å². The number of carbonyl (C=O) groups excluding carboxylic acids is 2. The topological polar surface area (TPSA) is 75.2 Å². The Bertz CT molecular complexity index is 1070. The van der Waals surface area contributed by atoms with Crippen LogP contribution in [0.5, 0.6) is 0 Å². The molecular weight excluding hydrogens is 410 g/mol. The summed E-state index contributed by atoms with van der Waals surface area (Å²) in [6.07, 6.45) is 1.72. The summed E-state index contributed by atoms with van der Waals surface area (Å²) in [6, 6.07) is 11.2. The van der Waals surface area contributed by atoms with E-state index in [9.17, 15) is 18.4 Å². The van der Waals surface area contributed by atoms with Gasteiger partial charge in [0.25, 0.3) is 5.91 Å². The van der Waals surface area contributed by atoms with Crippen molar-refractivity contribution in [3.63, 3.8) is 0 Å². The molecule has 0 bridgehead atoms. The van der Waals surface area contributed by atoms with E-state index in [1.807, 2.05) is 0 Å². The molecule has 1 N–H and O–H groups in total. The second kappa shape index (κ2) is 8.66. The van der Waals surface area contributed by atoms with Gasteiger partial charge >= 0.3 is 0 Å². The first-order valence-corrected chi connectivity index (χ1v) is 10.3. The molecule has 2 amide bonds. The first-order chi connectivity index (χ1) is 14.5. The molecule has 1 fully saturated rings. The van der Waals surface area contributed by atoms with Gasteiger partial charge in [0.05, 0.1) is 12.5 Å². The highest BCUT2D eigenvalue weighted by Crippen LogP contribution is 2.34. The predicted molar refractivity (Wildman–Crippen MR) is 108 cm³/mol. The highest BCUT2D eigenvalue weighted by Gasteiger charge is 2.33. The first kappa shape index (κ1) is 20.1. The maximum atomic E-state index is 13.3. The summed E-state index contributed by atoms with van der Waals surface area (Å²) in [7, 11) is 0. The Labute approximate surface area is 175 Å². The van der Waals surface area contributed by atoms with Gasteiger partial charge in [0.2, 0.25) is 10.9 Å². The van der Waals surface area contributed by atoms with Crippen LogP contribution in [0.3, 0.4) is 0 Å². The van der Waals surface area contributed by atoms with E-state index in [4.69, 9.17) is 0 Å². The van der Waals surface area contributed by atoms with Gasteiger partial charge < -0.3 is 10.2 Å². The molecule has 4 rings (SSSR count). The van der Waals surface area contributed by atoms with Crippen molar-refractivity contribution in [1.29, 1.82) is 0 Å². The number of benzene rings is 2. The molecule has 0 unspecified atom stereocenters. The van der Waals surface area contributed by atoms with Crippen LogP contribution < -0.4 is 5.32 Å². The highest BCUT2D eigenvalue weighted by atomic mass is 32.1. The Morgan fingerprint density at radius 3 is 2.67 bits per heavy atom. The normalized spacial score (nSPS) is 15.9. The zero-order chi connectivity index (χ0) is 21.1. The van der Waals surface area contributed by atoms with Crippen LogP contribution in [-0.4, -0.2) is 33.5 Å². The number of hydrogen-bond donors (Lipinski definition) is 1. The first-order valence-electron chi connectivity index (χ1n) is 9.44. The fourth-order valence-electron chi connectivity index (χ4n) is 3.41. The molecule has 1 aromatic heterocycles. The average molecular weight is 428 g/mol. The third kappa shape index (κ3) is 4.51. The van der Waals surface area contributed by atoms with Gasteiger partial charge in [-0.05, 0) is 48.7 Å². The molecule has 1 atom stereocenters. The number of nitrogens with zero attached hydrogens (tertiary/aromatic N) is 3. The third-order valence-electron chi connectivity index (χ3n) is 4.84. The van der Waals surface area contributed by atoms with Crippen molar-refractivity contribution in [1.82, 2.24) is 15.1 Å². The SMILES string of the molecule is O=C(Nc1cccc(F)c1)c1nnc([C@@H]2CCCN2C(=O)Cc2ccc(F)cc2)s1. The highest BCUT2D eigenvalue weighted by molar-refractivity contribution is 7.13. The quantitative estimate of drug-likeness (QED) is 0.667. The summed E-state index contributed by atoms with van der Waals surface area (Å²) in [5, 5.41) is 11.4. The Kier molecular flexibility index (Phi) is 5.80. The lowest BCUT2D eigenvalue weighted by Gasteiger charge is -2.22. The lowest BCUT2D eigenvalue weighted by Crippen LogP contribution is -2.31. The number of aromatic nitrogens is 2. The van der Waals surface area contributed by atoms with Crippen LogP contribution in [0.2, 0.25) is 0 Å². The van der Waals surface area contributed by atoms with Gasteiger partial charge in [-0.3, -0.25) is 9.59 Å². The molecule has 2 aromatic carbocycles. The number of anilines is 1. The van der Waals surface area contributed by atoms with Crippen molar-refractivity contribution in [2.45, 2.75) is 25.3 Å². The molecule has 3 aromatic rings. The van der Waals surface area contributed by atoms with E-state index >= 15 is 0 Å². The van der Waals surface area contributed by atoms with Crippen molar-refractivity contribution >= 4 is 28.8 Å². The van der Waals surface area contributed by atoms with E-state index < -0.39 is 11.7 Å². The monoisotopic (exact) mass is 428 g/mol. The molecule has 154 valence electrons. The zero-order valence-corrected chi connectivity index (χ0v) is 16.7. The van der Waals surface area contributed by atoms with Crippen LogP contribution in [-0.2, 0) is 11.2 Å². The molecule has 0 spiro atoms. The van der Waals surface area contributed by atoms with E-state index in [2.05, 4.69) is 15.5 Å². The molecule has 0 aliphatic carbocycles. The van der Waals surface area contributed by atoms with Crippen molar-refractivity contribution < 1.29 is 18.4 Å². The minimum atomic E-state index is -0.480. The summed E-state index contributed by atoms with van der Waals surface area (Å²) in [5.41, 5.74) is 1.06. The van der Waals surface area contributed by atoms with Crippen LogP contribution >= 0.6 is 11.3 Å². The van der Waals surface area contributed by atoms with Gasteiger partial charge in [-0.2, -0.15) is 0 Å².